The Morgan fingerprint density at radius 1 is 0.964 bits per heavy atom. The molecule has 0 atom stereocenters. The summed E-state index contributed by atoms with van der Waals surface area (Å²) in [6.45, 7) is 2.20. The Morgan fingerprint density at radius 3 is 2.32 bits per heavy atom. The van der Waals surface area contributed by atoms with Crippen LogP contribution in [0.4, 0.5) is 11.4 Å². The van der Waals surface area contributed by atoms with Gasteiger partial charge in [-0.2, -0.15) is 0 Å². The number of carbonyl (C=O) groups is 2. The quantitative estimate of drug-likeness (QED) is 0.795. The van der Waals surface area contributed by atoms with E-state index in [2.05, 4.69) is 10.2 Å². The van der Waals surface area contributed by atoms with Crippen molar-refractivity contribution in [2.24, 2.45) is 0 Å². The highest BCUT2D eigenvalue weighted by Crippen LogP contribution is 2.29. The van der Waals surface area contributed by atoms with E-state index >= 15 is 0 Å². The Labute approximate surface area is 168 Å². The third-order valence-electron chi connectivity index (χ3n) is 4.58. The Bertz CT molecular complexity index is 866. The molecular formula is C20H22ClN3O4. The van der Waals surface area contributed by atoms with E-state index < -0.39 is 11.8 Å². The first-order chi connectivity index (χ1) is 13.5. The van der Waals surface area contributed by atoms with Crippen molar-refractivity contribution in [1.82, 2.24) is 4.90 Å². The summed E-state index contributed by atoms with van der Waals surface area (Å²) in [7, 11) is 3.04. The number of hydrogen-bond acceptors (Lipinski definition) is 5. The lowest BCUT2D eigenvalue weighted by atomic mass is 10.2. The maximum atomic E-state index is 12.5. The maximum Gasteiger partial charge on any atom is 0.313 e. The fourth-order valence-electron chi connectivity index (χ4n) is 3.08. The summed E-state index contributed by atoms with van der Waals surface area (Å²) in [5.74, 6) is -0.212. The first kappa shape index (κ1) is 19.8. The van der Waals surface area contributed by atoms with Crippen LogP contribution in [-0.4, -0.2) is 57.1 Å². The summed E-state index contributed by atoms with van der Waals surface area (Å²) < 4.78 is 10.4. The maximum absolute atomic E-state index is 12.5. The summed E-state index contributed by atoms with van der Waals surface area (Å²) in [5, 5.41) is 3.29. The van der Waals surface area contributed by atoms with Crippen LogP contribution >= 0.6 is 11.6 Å². The lowest BCUT2D eigenvalue weighted by Crippen LogP contribution is -2.51. The van der Waals surface area contributed by atoms with Crippen molar-refractivity contribution in [3.63, 3.8) is 0 Å². The van der Waals surface area contributed by atoms with E-state index in [0.29, 0.717) is 48.4 Å². The van der Waals surface area contributed by atoms with E-state index in [1.54, 1.807) is 23.1 Å². The van der Waals surface area contributed by atoms with E-state index in [1.807, 2.05) is 24.3 Å². The average molecular weight is 404 g/mol. The van der Waals surface area contributed by atoms with E-state index in [-0.39, 0.29) is 0 Å². The van der Waals surface area contributed by atoms with Crippen LogP contribution in [0.5, 0.6) is 11.5 Å². The number of nitrogens with zero attached hydrogens (tertiary/aromatic N) is 2. The summed E-state index contributed by atoms with van der Waals surface area (Å²) in [6.07, 6.45) is 0. The first-order valence-electron chi connectivity index (χ1n) is 8.84. The third kappa shape index (κ3) is 4.48. The zero-order valence-electron chi connectivity index (χ0n) is 15.8. The van der Waals surface area contributed by atoms with Crippen molar-refractivity contribution >= 4 is 34.8 Å². The number of methoxy groups -OCH3 is 2. The van der Waals surface area contributed by atoms with Gasteiger partial charge in [0.15, 0.2) is 11.5 Å². The van der Waals surface area contributed by atoms with Crippen LogP contribution in [0.1, 0.15) is 0 Å². The smallest absolute Gasteiger partial charge is 0.313 e. The Hall–Kier alpha value is -2.93. The summed E-state index contributed by atoms with van der Waals surface area (Å²) in [5.41, 5.74) is 1.47. The predicted octanol–water partition coefficient (Wildman–Crippen LogP) is 2.64. The van der Waals surface area contributed by atoms with Crippen LogP contribution in [0.2, 0.25) is 5.02 Å². The molecule has 0 radical (unpaired) electrons. The Kier molecular flexibility index (Phi) is 6.26. The van der Waals surface area contributed by atoms with Crippen LogP contribution < -0.4 is 19.7 Å². The predicted molar refractivity (Wildman–Crippen MR) is 108 cm³/mol. The normalized spacial score (nSPS) is 13.8. The Morgan fingerprint density at radius 2 is 1.68 bits per heavy atom. The third-order valence-corrected chi connectivity index (χ3v) is 4.81. The Balaban J connectivity index is 1.58. The zero-order valence-corrected chi connectivity index (χ0v) is 16.5. The summed E-state index contributed by atoms with van der Waals surface area (Å²) >= 11 is 6.04. The van der Waals surface area contributed by atoms with Crippen LogP contribution in [0.15, 0.2) is 42.5 Å². The lowest BCUT2D eigenvalue weighted by Gasteiger charge is -2.35. The van der Waals surface area contributed by atoms with E-state index in [9.17, 15) is 9.59 Å². The number of nitrogens with one attached hydrogen (secondary N) is 1. The van der Waals surface area contributed by atoms with Crippen LogP contribution in [0, 0.1) is 0 Å². The molecule has 1 fully saturated rings. The van der Waals surface area contributed by atoms with Crippen molar-refractivity contribution in [3.05, 3.63) is 47.5 Å². The van der Waals surface area contributed by atoms with Crippen LogP contribution in [-0.2, 0) is 9.59 Å². The second kappa shape index (κ2) is 8.84. The highest BCUT2D eigenvalue weighted by Gasteiger charge is 2.26. The molecule has 0 spiro atoms. The molecular weight excluding hydrogens is 382 g/mol. The number of piperazine rings is 1. The van der Waals surface area contributed by atoms with Crippen LogP contribution in [0.3, 0.4) is 0 Å². The molecule has 28 heavy (non-hydrogen) atoms. The topological polar surface area (TPSA) is 71.1 Å². The van der Waals surface area contributed by atoms with Crippen molar-refractivity contribution in [2.75, 3.05) is 50.6 Å². The van der Waals surface area contributed by atoms with Gasteiger partial charge in [0.2, 0.25) is 0 Å². The van der Waals surface area contributed by atoms with Gasteiger partial charge in [-0.3, -0.25) is 9.59 Å². The molecule has 2 amide bonds. The molecule has 0 bridgehead atoms. The molecule has 0 aliphatic carbocycles. The lowest BCUT2D eigenvalue weighted by molar-refractivity contribution is -0.143. The molecule has 1 aliphatic heterocycles. The molecule has 0 aromatic heterocycles. The minimum atomic E-state index is -0.677. The van der Waals surface area contributed by atoms with Crippen LogP contribution in [0.25, 0.3) is 0 Å². The molecule has 148 valence electrons. The van der Waals surface area contributed by atoms with Gasteiger partial charge in [0, 0.05) is 48.6 Å². The highest BCUT2D eigenvalue weighted by molar-refractivity contribution is 6.39. The van der Waals surface area contributed by atoms with E-state index in [4.69, 9.17) is 21.1 Å². The number of benzene rings is 2. The fraction of sp³-hybridized carbons (Fsp3) is 0.300. The van der Waals surface area contributed by atoms with Crippen molar-refractivity contribution in [2.45, 2.75) is 0 Å². The molecule has 1 aliphatic rings. The minimum absolute atomic E-state index is 0.463. The second-order valence-corrected chi connectivity index (χ2v) is 6.72. The van der Waals surface area contributed by atoms with Gasteiger partial charge in [-0.1, -0.05) is 17.7 Å². The average Bonchev–Trinajstić information content (AvgIpc) is 2.73. The van der Waals surface area contributed by atoms with Gasteiger partial charge in [0.1, 0.15) is 0 Å². The molecule has 0 unspecified atom stereocenters. The fourth-order valence-corrected chi connectivity index (χ4v) is 3.27. The van der Waals surface area contributed by atoms with Gasteiger partial charge in [-0.15, -0.1) is 0 Å². The van der Waals surface area contributed by atoms with Gasteiger partial charge >= 0.3 is 11.8 Å². The number of halogens is 1. The van der Waals surface area contributed by atoms with E-state index in [1.165, 1.54) is 14.2 Å². The standard InChI is InChI=1S/C20H22ClN3O4/c1-27-17-7-6-15(13-18(17)28-2)22-19(25)20(26)24-10-8-23(9-11-24)16-5-3-4-14(21)12-16/h3-7,12-13H,8-11H2,1-2H3,(H,22,25). The monoisotopic (exact) mass is 403 g/mol. The van der Waals surface area contributed by atoms with Gasteiger partial charge < -0.3 is 24.6 Å². The number of rotatable bonds is 4. The minimum Gasteiger partial charge on any atom is -0.493 e. The molecule has 1 N–H and O–H groups in total. The molecule has 1 saturated heterocycles. The molecule has 0 saturated carbocycles. The molecule has 3 rings (SSSR count). The number of hydrogen-bond donors (Lipinski definition) is 1. The summed E-state index contributed by atoms with van der Waals surface area (Å²) in [6, 6.07) is 12.5. The largest absolute Gasteiger partial charge is 0.493 e. The number of amides is 2. The van der Waals surface area contributed by atoms with Gasteiger partial charge in [0.05, 0.1) is 14.2 Å². The highest BCUT2D eigenvalue weighted by atomic mass is 35.5. The van der Waals surface area contributed by atoms with Gasteiger partial charge in [0.25, 0.3) is 0 Å². The second-order valence-electron chi connectivity index (χ2n) is 6.28. The first-order valence-corrected chi connectivity index (χ1v) is 9.22. The van der Waals surface area contributed by atoms with Gasteiger partial charge in [-0.05, 0) is 30.3 Å². The number of ether oxygens (including phenoxy) is 2. The zero-order chi connectivity index (χ0) is 20.1. The number of carbonyl (C=O) groups excluding carboxylic acids is 2. The molecule has 2 aromatic rings. The molecule has 1 heterocycles. The van der Waals surface area contributed by atoms with Crippen molar-refractivity contribution in [3.8, 4) is 11.5 Å². The molecule has 7 nitrogen and oxygen atoms in total. The molecule has 8 heteroatoms. The number of anilines is 2. The van der Waals surface area contributed by atoms with Gasteiger partial charge in [-0.25, -0.2) is 0 Å². The van der Waals surface area contributed by atoms with Crippen molar-refractivity contribution < 1.29 is 19.1 Å². The SMILES string of the molecule is COc1ccc(NC(=O)C(=O)N2CCN(c3cccc(Cl)c3)CC2)cc1OC. The van der Waals surface area contributed by atoms with Crippen molar-refractivity contribution in [1.29, 1.82) is 0 Å². The summed E-state index contributed by atoms with van der Waals surface area (Å²) in [4.78, 5) is 28.5. The molecule has 2 aromatic carbocycles. The van der Waals surface area contributed by atoms with E-state index in [0.717, 1.165) is 5.69 Å².